The maximum Gasteiger partial charge on any atom is 0.223 e. The van der Waals surface area contributed by atoms with Gasteiger partial charge in [-0.25, -0.2) is 4.39 Å². The van der Waals surface area contributed by atoms with Crippen molar-refractivity contribution < 1.29 is 9.18 Å². The van der Waals surface area contributed by atoms with E-state index in [9.17, 15) is 9.18 Å². The van der Waals surface area contributed by atoms with Crippen LogP contribution in [0.1, 0.15) is 50.5 Å². The first-order valence-corrected chi connectivity index (χ1v) is 8.46. The first-order chi connectivity index (χ1) is 10.7. The standard InChI is InChI=1S/C19H22FNO/c20-18-4-2-1-3-14(18)7-10-19(22)21-16-8-9-17(21)12-15(11-16)13-5-6-13/h1-4,16-17H,5-12H2. The molecular weight excluding hydrogens is 277 g/mol. The Morgan fingerprint density at radius 1 is 1.09 bits per heavy atom. The summed E-state index contributed by atoms with van der Waals surface area (Å²) in [5.74, 6) is 0.0215. The summed E-state index contributed by atoms with van der Waals surface area (Å²) in [6.45, 7) is 0. The average molecular weight is 299 g/mol. The number of amides is 1. The van der Waals surface area contributed by atoms with E-state index in [1.54, 1.807) is 23.3 Å². The van der Waals surface area contributed by atoms with Crippen LogP contribution in [0.15, 0.2) is 35.4 Å². The SMILES string of the molecule is O=C(CCc1ccccc1F)N1C2CCC1CC(=C1CC1)C2. The molecule has 22 heavy (non-hydrogen) atoms. The number of rotatable bonds is 3. The summed E-state index contributed by atoms with van der Waals surface area (Å²) in [4.78, 5) is 14.8. The molecule has 2 unspecified atom stereocenters. The van der Waals surface area contributed by atoms with Crippen molar-refractivity contribution in [1.29, 1.82) is 0 Å². The van der Waals surface area contributed by atoms with Crippen LogP contribution in [0.5, 0.6) is 0 Å². The highest BCUT2D eigenvalue weighted by atomic mass is 19.1. The Bertz CT molecular complexity index is 614. The van der Waals surface area contributed by atoms with Crippen LogP contribution >= 0.6 is 0 Å². The van der Waals surface area contributed by atoms with Crippen LogP contribution in [0.2, 0.25) is 0 Å². The van der Waals surface area contributed by atoms with Gasteiger partial charge in [0, 0.05) is 18.5 Å². The Morgan fingerprint density at radius 3 is 2.41 bits per heavy atom. The Balaban J connectivity index is 1.41. The monoisotopic (exact) mass is 299 g/mol. The average Bonchev–Trinajstić information content (AvgIpc) is 3.32. The van der Waals surface area contributed by atoms with E-state index >= 15 is 0 Å². The maximum atomic E-state index is 13.7. The minimum atomic E-state index is -0.197. The quantitative estimate of drug-likeness (QED) is 0.772. The van der Waals surface area contributed by atoms with E-state index < -0.39 is 0 Å². The van der Waals surface area contributed by atoms with E-state index in [4.69, 9.17) is 0 Å². The molecule has 0 spiro atoms. The molecule has 2 bridgehead atoms. The third kappa shape index (κ3) is 2.57. The lowest BCUT2D eigenvalue weighted by molar-refractivity contribution is -0.134. The van der Waals surface area contributed by atoms with Gasteiger partial charge in [-0.2, -0.15) is 0 Å². The second-order valence-corrected chi connectivity index (χ2v) is 6.89. The summed E-state index contributed by atoms with van der Waals surface area (Å²) >= 11 is 0. The zero-order valence-corrected chi connectivity index (χ0v) is 12.9. The smallest absolute Gasteiger partial charge is 0.223 e. The van der Waals surface area contributed by atoms with Gasteiger partial charge in [-0.1, -0.05) is 29.3 Å². The fourth-order valence-electron chi connectivity index (χ4n) is 4.20. The topological polar surface area (TPSA) is 20.3 Å². The Kier molecular flexibility index (Phi) is 3.51. The van der Waals surface area contributed by atoms with Gasteiger partial charge in [-0.05, 0) is 56.6 Å². The summed E-state index contributed by atoms with van der Waals surface area (Å²) in [5.41, 5.74) is 3.96. The molecule has 4 rings (SSSR count). The number of piperidine rings is 1. The number of nitrogens with zero attached hydrogens (tertiary/aromatic N) is 1. The van der Waals surface area contributed by atoms with Crippen LogP contribution in [0.3, 0.4) is 0 Å². The Labute approximate surface area is 131 Å². The van der Waals surface area contributed by atoms with Crippen molar-refractivity contribution >= 4 is 5.91 Å². The van der Waals surface area contributed by atoms with Gasteiger partial charge in [-0.3, -0.25) is 4.79 Å². The van der Waals surface area contributed by atoms with E-state index in [1.807, 2.05) is 6.07 Å². The summed E-state index contributed by atoms with van der Waals surface area (Å²) in [6.07, 6.45) is 8.00. The third-order valence-electron chi connectivity index (χ3n) is 5.44. The van der Waals surface area contributed by atoms with Crippen LogP contribution in [0.4, 0.5) is 4.39 Å². The second kappa shape index (κ2) is 5.53. The largest absolute Gasteiger partial charge is 0.336 e. The van der Waals surface area contributed by atoms with Crippen molar-refractivity contribution in [3.05, 3.63) is 46.8 Å². The number of hydrogen-bond acceptors (Lipinski definition) is 1. The first kappa shape index (κ1) is 14.0. The Hall–Kier alpha value is -1.64. The number of allylic oxidation sites excluding steroid dienone is 1. The molecule has 1 aromatic carbocycles. The van der Waals surface area contributed by atoms with Crippen molar-refractivity contribution in [2.24, 2.45) is 0 Å². The van der Waals surface area contributed by atoms with Gasteiger partial charge in [0.25, 0.3) is 0 Å². The van der Waals surface area contributed by atoms with Crippen LogP contribution < -0.4 is 0 Å². The molecule has 2 saturated heterocycles. The molecule has 0 N–H and O–H groups in total. The highest BCUT2D eigenvalue weighted by molar-refractivity contribution is 5.78. The third-order valence-corrected chi connectivity index (χ3v) is 5.44. The normalized spacial score (nSPS) is 26.5. The highest BCUT2D eigenvalue weighted by Crippen LogP contribution is 2.44. The number of carbonyl (C=O) groups is 1. The van der Waals surface area contributed by atoms with Gasteiger partial charge in [-0.15, -0.1) is 0 Å². The molecule has 2 aliphatic heterocycles. The zero-order chi connectivity index (χ0) is 15.1. The van der Waals surface area contributed by atoms with Gasteiger partial charge >= 0.3 is 0 Å². The summed E-state index contributed by atoms with van der Waals surface area (Å²) in [5, 5.41) is 0. The fraction of sp³-hybridized carbons (Fsp3) is 0.526. The van der Waals surface area contributed by atoms with E-state index in [-0.39, 0.29) is 11.7 Å². The molecule has 116 valence electrons. The molecule has 2 heterocycles. The van der Waals surface area contributed by atoms with Crippen LogP contribution in [-0.2, 0) is 11.2 Å². The molecular formula is C19H22FNO. The molecule has 1 aliphatic carbocycles. The van der Waals surface area contributed by atoms with Crippen LogP contribution in [0, 0.1) is 5.82 Å². The van der Waals surface area contributed by atoms with E-state index in [1.165, 1.54) is 18.9 Å². The van der Waals surface area contributed by atoms with Gasteiger partial charge in [0.15, 0.2) is 0 Å². The molecule has 3 fully saturated rings. The molecule has 3 heteroatoms. The van der Waals surface area contributed by atoms with Gasteiger partial charge in [0.05, 0.1) is 0 Å². The Morgan fingerprint density at radius 2 is 1.77 bits per heavy atom. The van der Waals surface area contributed by atoms with Gasteiger partial charge in [0.2, 0.25) is 5.91 Å². The van der Waals surface area contributed by atoms with E-state index in [0.29, 0.717) is 30.5 Å². The predicted molar refractivity (Wildman–Crippen MR) is 83.9 cm³/mol. The number of benzene rings is 1. The molecule has 3 aliphatic rings. The van der Waals surface area contributed by atoms with Crippen molar-refractivity contribution in [2.75, 3.05) is 0 Å². The summed E-state index contributed by atoms with van der Waals surface area (Å²) < 4.78 is 13.7. The van der Waals surface area contributed by atoms with Crippen molar-refractivity contribution in [1.82, 2.24) is 4.90 Å². The molecule has 1 aromatic rings. The van der Waals surface area contributed by atoms with Crippen LogP contribution in [0.25, 0.3) is 0 Å². The number of carbonyl (C=O) groups excluding carboxylic acids is 1. The first-order valence-electron chi connectivity index (χ1n) is 8.46. The number of halogens is 1. The lowest BCUT2D eigenvalue weighted by Crippen LogP contribution is -2.44. The predicted octanol–water partition coefficient (Wildman–Crippen LogP) is 4.00. The summed E-state index contributed by atoms with van der Waals surface area (Å²) in [6, 6.07) is 7.60. The van der Waals surface area contributed by atoms with Gasteiger partial charge < -0.3 is 4.90 Å². The molecule has 1 amide bonds. The van der Waals surface area contributed by atoms with Gasteiger partial charge in [0.1, 0.15) is 5.82 Å². The fourth-order valence-corrected chi connectivity index (χ4v) is 4.20. The van der Waals surface area contributed by atoms with E-state index in [2.05, 4.69) is 4.90 Å². The molecule has 2 atom stereocenters. The second-order valence-electron chi connectivity index (χ2n) is 6.89. The molecule has 0 radical (unpaired) electrons. The lowest BCUT2D eigenvalue weighted by Gasteiger charge is -2.36. The van der Waals surface area contributed by atoms with Crippen molar-refractivity contribution in [3.8, 4) is 0 Å². The number of hydrogen-bond donors (Lipinski definition) is 0. The van der Waals surface area contributed by atoms with Crippen molar-refractivity contribution in [2.45, 2.75) is 63.5 Å². The molecule has 2 nitrogen and oxygen atoms in total. The highest BCUT2D eigenvalue weighted by Gasteiger charge is 2.42. The number of fused-ring (bicyclic) bond motifs is 2. The van der Waals surface area contributed by atoms with Crippen LogP contribution in [-0.4, -0.2) is 22.9 Å². The molecule has 1 saturated carbocycles. The van der Waals surface area contributed by atoms with E-state index in [0.717, 1.165) is 25.7 Å². The number of aryl methyl sites for hydroxylation is 1. The summed E-state index contributed by atoms with van der Waals surface area (Å²) in [7, 11) is 0. The minimum absolute atomic E-state index is 0.197. The lowest BCUT2D eigenvalue weighted by atomic mass is 9.95. The maximum absolute atomic E-state index is 13.7. The zero-order valence-electron chi connectivity index (χ0n) is 12.9. The van der Waals surface area contributed by atoms with Crippen molar-refractivity contribution in [3.63, 3.8) is 0 Å². The minimum Gasteiger partial charge on any atom is -0.336 e. The molecule has 0 aromatic heterocycles.